The van der Waals surface area contributed by atoms with Gasteiger partial charge in [0.2, 0.25) is 5.91 Å². The summed E-state index contributed by atoms with van der Waals surface area (Å²) in [4.78, 5) is 61.4. The molecular formula is C21H18N4O8S2. The fraction of sp³-hybridized carbons (Fsp3) is 0.238. The fourth-order valence-electron chi connectivity index (χ4n) is 3.63. The van der Waals surface area contributed by atoms with Gasteiger partial charge in [-0.2, -0.15) is 0 Å². The number of ether oxygens (including phenoxy) is 1. The van der Waals surface area contributed by atoms with Crippen molar-refractivity contribution in [3.63, 3.8) is 0 Å². The molecule has 0 spiro atoms. The number of amides is 3. The van der Waals surface area contributed by atoms with Crippen molar-refractivity contribution in [2.24, 2.45) is 0 Å². The topological polar surface area (TPSA) is 168 Å². The molecule has 2 aliphatic rings. The summed E-state index contributed by atoms with van der Waals surface area (Å²) < 4.78 is 5.08. The second-order valence-electron chi connectivity index (χ2n) is 7.44. The minimum Gasteiger partial charge on any atom is -0.477 e. The molecule has 0 radical (unpaired) electrons. The van der Waals surface area contributed by atoms with Crippen LogP contribution in [0.3, 0.4) is 0 Å². The summed E-state index contributed by atoms with van der Waals surface area (Å²) >= 11 is 2.65. The van der Waals surface area contributed by atoms with E-state index in [-0.39, 0.29) is 40.7 Å². The average molecular weight is 519 g/mol. The van der Waals surface area contributed by atoms with Crippen molar-refractivity contribution in [2.75, 3.05) is 17.7 Å². The van der Waals surface area contributed by atoms with Gasteiger partial charge in [0.05, 0.1) is 11.3 Å². The number of para-hydroxylation sites is 2. The average Bonchev–Trinajstić information content (AvgIpc) is 3.33. The smallest absolute Gasteiger partial charge is 0.412 e. The highest BCUT2D eigenvalue weighted by Crippen LogP contribution is 2.40. The molecule has 0 saturated carbocycles. The van der Waals surface area contributed by atoms with Crippen molar-refractivity contribution < 1.29 is 33.9 Å². The molecule has 182 valence electrons. The van der Waals surface area contributed by atoms with Crippen LogP contribution in [0.4, 0.5) is 16.2 Å². The third-order valence-electron chi connectivity index (χ3n) is 5.20. The molecule has 3 N–H and O–H groups in total. The maximum atomic E-state index is 12.7. The molecular weight excluding hydrogens is 500 g/mol. The molecule has 0 unspecified atom stereocenters. The number of carboxylic acid groups (broad SMARTS) is 1. The Bertz CT molecular complexity index is 1230. The summed E-state index contributed by atoms with van der Waals surface area (Å²) in [6.45, 7) is -0.437. The second kappa shape index (κ2) is 10.1. The zero-order chi connectivity index (χ0) is 25.1. The Balaban J connectivity index is 1.40. The van der Waals surface area contributed by atoms with E-state index in [1.807, 2.05) is 11.4 Å². The molecule has 0 aliphatic carbocycles. The van der Waals surface area contributed by atoms with E-state index < -0.39 is 40.9 Å². The highest BCUT2D eigenvalue weighted by molar-refractivity contribution is 8.00. The van der Waals surface area contributed by atoms with Gasteiger partial charge in [0, 0.05) is 22.3 Å². The number of anilines is 1. The van der Waals surface area contributed by atoms with Gasteiger partial charge in [0.1, 0.15) is 29.4 Å². The first kappa shape index (κ1) is 24.2. The maximum Gasteiger partial charge on any atom is 0.412 e. The number of thioether (sulfide) groups is 1. The molecule has 14 heteroatoms. The Labute approximate surface area is 206 Å². The van der Waals surface area contributed by atoms with Gasteiger partial charge in [-0.1, -0.05) is 18.2 Å². The predicted octanol–water partition coefficient (Wildman–Crippen LogP) is 2.19. The maximum absolute atomic E-state index is 12.7. The Kier molecular flexibility index (Phi) is 7.02. The van der Waals surface area contributed by atoms with Crippen molar-refractivity contribution in [1.29, 1.82) is 0 Å². The van der Waals surface area contributed by atoms with Crippen LogP contribution in [0.25, 0.3) is 0 Å². The Morgan fingerprint density at radius 3 is 2.69 bits per heavy atom. The van der Waals surface area contributed by atoms with Gasteiger partial charge in [-0.15, -0.1) is 23.1 Å². The molecule has 2 atom stereocenters. The van der Waals surface area contributed by atoms with Crippen LogP contribution >= 0.6 is 23.1 Å². The molecule has 1 aromatic heterocycles. The Hall–Kier alpha value is -3.91. The number of nitro groups is 1. The zero-order valence-corrected chi connectivity index (χ0v) is 19.5. The van der Waals surface area contributed by atoms with E-state index in [4.69, 9.17) is 4.74 Å². The van der Waals surface area contributed by atoms with Crippen LogP contribution in [-0.4, -0.2) is 62.6 Å². The third-order valence-corrected chi connectivity index (χ3v) is 7.41. The molecule has 1 aromatic carbocycles. The van der Waals surface area contributed by atoms with Gasteiger partial charge >= 0.3 is 12.1 Å². The van der Waals surface area contributed by atoms with E-state index in [0.717, 1.165) is 9.78 Å². The number of carbonyl (C=O) groups is 4. The molecule has 2 aliphatic heterocycles. The number of fused-ring (bicyclic) bond motifs is 1. The van der Waals surface area contributed by atoms with Gasteiger partial charge in [-0.3, -0.25) is 29.9 Å². The molecule has 1 saturated heterocycles. The number of rotatable bonds is 8. The molecule has 12 nitrogen and oxygen atoms in total. The summed E-state index contributed by atoms with van der Waals surface area (Å²) in [5.41, 5.74) is -0.523. The number of thiophene rings is 1. The number of benzene rings is 1. The van der Waals surface area contributed by atoms with E-state index in [9.17, 15) is 34.4 Å². The zero-order valence-electron chi connectivity index (χ0n) is 17.8. The minimum atomic E-state index is -1.37. The van der Waals surface area contributed by atoms with Crippen molar-refractivity contribution in [3.05, 3.63) is 68.0 Å². The summed E-state index contributed by atoms with van der Waals surface area (Å²) in [7, 11) is 0. The minimum absolute atomic E-state index is 0.0768. The normalized spacial score (nSPS) is 18.9. The van der Waals surface area contributed by atoms with Crippen LogP contribution < -0.4 is 10.6 Å². The number of hydrogen-bond donors (Lipinski definition) is 3. The molecule has 3 heterocycles. The summed E-state index contributed by atoms with van der Waals surface area (Å²) in [6.07, 6.45) is -0.897. The lowest BCUT2D eigenvalue weighted by Crippen LogP contribution is -2.70. The number of carboxylic acids is 1. The standard InChI is InChI=1S/C21H18N4O8S2/c26-15(8-12-4-3-7-34-12)23-16-18(27)24-17(20(28)29)11(10-35-19(16)24)9-33-21(30)22-13-5-1-2-6-14(13)25(31)32/h1-7,16,19H,8-10H2,(H,22,30)(H,23,26)(H,28,29)/t16-,19-/m1/s1. The first-order chi connectivity index (χ1) is 16.8. The van der Waals surface area contributed by atoms with Gasteiger partial charge in [0.25, 0.3) is 11.6 Å². The number of β-lactam (4-membered cyclic amide) rings is 1. The third kappa shape index (κ3) is 5.12. The van der Waals surface area contributed by atoms with Crippen LogP contribution in [0.1, 0.15) is 4.88 Å². The second-order valence-corrected chi connectivity index (χ2v) is 9.58. The molecule has 3 amide bonds. The van der Waals surface area contributed by atoms with Crippen LogP contribution in [0, 0.1) is 10.1 Å². The van der Waals surface area contributed by atoms with Crippen molar-refractivity contribution in [1.82, 2.24) is 10.2 Å². The summed E-state index contributed by atoms with van der Waals surface area (Å²) in [6, 6.07) is 8.24. The van der Waals surface area contributed by atoms with Crippen molar-refractivity contribution in [3.8, 4) is 0 Å². The van der Waals surface area contributed by atoms with Crippen molar-refractivity contribution >= 4 is 58.4 Å². The Morgan fingerprint density at radius 2 is 2.00 bits per heavy atom. The van der Waals surface area contributed by atoms with E-state index >= 15 is 0 Å². The number of aliphatic carboxylic acids is 1. The molecule has 4 rings (SSSR count). The van der Waals surface area contributed by atoms with E-state index in [1.54, 1.807) is 6.07 Å². The first-order valence-electron chi connectivity index (χ1n) is 10.1. The van der Waals surface area contributed by atoms with E-state index in [1.165, 1.54) is 47.4 Å². The van der Waals surface area contributed by atoms with Gasteiger partial charge in [-0.05, 0) is 17.5 Å². The molecule has 2 aromatic rings. The van der Waals surface area contributed by atoms with Crippen LogP contribution in [-0.2, 0) is 25.5 Å². The van der Waals surface area contributed by atoms with Crippen LogP contribution in [0.5, 0.6) is 0 Å². The quantitative estimate of drug-likeness (QED) is 0.269. The molecule has 35 heavy (non-hydrogen) atoms. The number of nitro benzene ring substituents is 1. The van der Waals surface area contributed by atoms with Gasteiger partial charge in [-0.25, -0.2) is 9.59 Å². The molecule has 1 fully saturated rings. The predicted molar refractivity (Wildman–Crippen MR) is 126 cm³/mol. The highest BCUT2D eigenvalue weighted by Gasteiger charge is 2.54. The van der Waals surface area contributed by atoms with Gasteiger partial charge in [0.15, 0.2) is 0 Å². The highest BCUT2D eigenvalue weighted by atomic mass is 32.2. The molecule has 0 bridgehead atoms. The number of carbonyl (C=O) groups excluding carboxylic acids is 3. The summed E-state index contributed by atoms with van der Waals surface area (Å²) in [5.74, 6) is -2.13. The lowest BCUT2D eigenvalue weighted by Gasteiger charge is -2.49. The SMILES string of the molecule is O=C(Cc1cccs1)N[C@@H]1C(=O)N2C(C(=O)O)=C(COC(=O)Nc3ccccc3[N+](=O)[O-])CS[C@H]12. The number of hydrogen-bond acceptors (Lipinski definition) is 9. The van der Waals surface area contributed by atoms with E-state index in [0.29, 0.717) is 0 Å². The lowest BCUT2D eigenvalue weighted by molar-refractivity contribution is -0.383. The van der Waals surface area contributed by atoms with Gasteiger partial charge < -0.3 is 15.2 Å². The van der Waals surface area contributed by atoms with E-state index in [2.05, 4.69) is 10.6 Å². The summed E-state index contributed by atoms with van der Waals surface area (Å²) in [5, 5.41) is 26.9. The number of nitrogens with zero attached hydrogens (tertiary/aromatic N) is 2. The Morgan fingerprint density at radius 1 is 1.23 bits per heavy atom. The lowest BCUT2D eigenvalue weighted by atomic mass is 10.0. The fourth-order valence-corrected chi connectivity index (χ4v) is 5.66. The van der Waals surface area contributed by atoms with Crippen LogP contribution in [0.15, 0.2) is 53.0 Å². The van der Waals surface area contributed by atoms with Crippen molar-refractivity contribution in [2.45, 2.75) is 17.8 Å². The monoisotopic (exact) mass is 518 g/mol. The number of nitrogens with one attached hydrogen (secondary N) is 2. The first-order valence-corrected chi connectivity index (χ1v) is 12.1. The largest absolute Gasteiger partial charge is 0.477 e. The van der Waals surface area contributed by atoms with Crippen LogP contribution in [0.2, 0.25) is 0 Å².